The molecule has 1 N–H and O–H groups in total. The molecule has 0 spiro atoms. The fourth-order valence-electron chi connectivity index (χ4n) is 1.50. The lowest BCUT2D eigenvalue weighted by Gasteiger charge is -1.89. The van der Waals surface area contributed by atoms with E-state index >= 15 is 0 Å². The van der Waals surface area contributed by atoms with Crippen LogP contribution in [0.4, 0.5) is 0 Å². The monoisotopic (exact) mass is 182 g/mol. The van der Waals surface area contributed by atoms with Crippen LogP contribution in [0.25, 0.3) is 16.5 Å². The first kappa shape index (κ1) is 8.58. The van der Waals surface area contributed by atoms with E-state index < -0.39 is 0 Å². The summed E-state index contributed by atoms with van der Waals surface area (Å²) in [6.45, 7) is 1.87. The normalized spacial score (nSPS) is 11.6. The number of aromatic nitrogens is 1. The summed E-state index contributed by atoms with van der Waals surface area (Å²) >= 11 is 0. The Bertz CT molecular complexity index is 493. The first-order valence-corrected chi connectivity index (χ1v) is 4.49. The van der Waals surface area contributed by atoms with Gasteiger partial charge in [-0.25, -0.2) is 0 Å². The summed E-state index contributed by atoms with van der Waals surface area (Å²) in [6, 6.07) is 12.1. The van der Waals surface area contributed by atoms with Gasteiger partial charge in [0.15, 0.2) is 0 Å². The van der Waals surface area contributed by atoms with Crippen molar-refractivity contribution in [3.63, 3.8) is 0 Å². The van der Waals surface area contributed by atoms with Gasteiger partial charge in [0.25, 0.3) is 0 Å². The van der Waals surface area contributed by atoms with Gasteiger partial charge < -0.3 is 4.98 Å². The number of nitriles is 1. The number of benzene rings is 1. The molecule has 2 rings (SSSR count). The molecule has 1 aromatic carbocycles. The van der Waals surface area contributed by atoms with E-state index in [1.807, 2.05) is 43.3 Å². The second-order valence-corrected chi connectivity index (χ2v) is 3.08. The van der Waals surface area contributed by atoms with Gasteiger partial charge in [0.2, 0.25) is 0 Å². The number of rotatable bonds is 1. The molecular formula is C12H10N2. The molecule has 0 unspecified atom stereocenters. The minimum Gasteiger partial charge on any atom is -0.354 e. The van der Waals surface area contributed by atoms with Crippen molar-refractivity contribution in [2.75, 3.05) is 0 Å². The molecule has 0 bridgehead atoms. The zero-order valence-electron chi connectivity index (χ0n) is 7.91. The van der Waals surface area contributed by atoms with Crippen LogP contribution in [0.3, 0.4) is 0 Å². The molecule has 1 heterocycles. The summed E-state index contributed by atoms with van der Waals surface area (Å²) in [6.07, 6.45) is 1.81. The Labute approximate surface area is 82.5 Å². The molecule has 2 aromatic rings. The summed E-state index contributed by atoms with van der Waals surface area (Å²) in [5.74, 6) is 0. The highest BCUT2D eigenvalue weighted by atomic mass is 14.7. The Morgan fingerprint density at radius 2 is 2.21 bits per heavy atom. The fraction of sp³-hybridized carbons (Fsp3) is 0.0833. The second kappa shape index (κ2) is 3.39. The zero-order valence-corrected chi connectivity index (χ0v) is 7.91. The number of aromatic amines is 1. The molecule has 1 aromatic heterocycles. The molecule has 2 nitrogen and oxygen atoms in total. The molecule has 0 aliphatic rings. The van der Waals surface area contributed by atoms with E-state index in [4.69, 9.17) is 5.26 Å². The quantitative estimate of drug-likeness (QED) is 0.676. The highest BCUT2D eigenvalue weighted by molar-refractivity contribution is 5.87. The van der Waals surface area contributed by atoms with Gasteiger partial charge in [-0.05, 0) is 19.1 Å². The maximum absolute atomic E-state index is 8.87. The van der Waals surface area contributed by atoms with E-state index in [1.165, 1.54) is 0 Å². The predicted octanol–water partition coefficient (Wildman–Crippen LogP) is 3.09. The van der Waals surface area contributed by atoms with Crippen molar-refractivity contribution >= 4 is 16.5 Å². The topological polar surface area (TPSA) is 39.6 Å². The van der Waals surface area contributed by atoms with E-state index in [2.05, 4.69) is 11.1 Å². The number of allylic oxidation sites excluding steroid dienone is 2. The van der Waals surface area contributed by atoms with Gasteiger partial charge in [-0.3, -0.25) is 0 Å². The summed E-state index contributed by atoms with van der Waals surface area (Å²) in [7, 11) is 0. The lowest BCUT2D eigenvalue weighted by atomic mass is 10.2. The molecule has 0 atom stereocenters. The number of hydrogen-bond acceptors (Lipinski definition) is 1. The van der Waals surface area contributed by atoms with Gasteiger partial charge in [0, 0.05) is 10.9 Å². The Hall–Kier alpha value is -2.01. The van der Waals surface area contributed by atoms with Crippen molar-refractivity contribution in [2.24, 2.45) is 0 Å². The fourth-order valence-corrected chi connectivity index (χ4v) is 1.50. The van der Waals surface area contributed by atoms with Crippen LogP contribution >= 0.6 is 0 Å². The largest absolute Gasteiger partial charge is 0.354 e. The van der Waals surface area contributed by atoms with Gasteiger partial charge in [-0.15, -0.1) is 0 Å². The third kappa shape index (κ3) is 1.29. The number of hydrogen-bond donors (Lipinski definition) is 1. The molecule has 0 aliphatic heterocycles. The first-order chi connectivity index (χ1) is 6.85. The minimum absolute atomic E-state index is 0.682. The highest BCUT2D eigenvalue weighted by Gasteiger charge is 2.03. The molecule has 0 amide bonds. The maximum Gasteiger partial charge on any atom is 0.101 e. The number of nitrogens with one attached hydrogen (secondary N) is 1. The van der Waals surface area contributed by atoms with Crippen LogP contribution < -0.4 is 0 Å². The van der Waals surface area contributed by atoms with Crippen molar-refractivity contribution in [3.8, 4) is 6.07 Å². The Kier molecular flexibility index (Phi) is 2.08. The van der Waals surface area contributed by atoms with Crippen LogP contribution in [0.1, 0.15) is 12.6 Å². The van der Waals surface area contributed by atoms with Crippen LogP contribution in [-0.4, -0.2) is 4.98 Å². The van der Waals surface area contributed by atoms with Crippen molar-refractivity contribution in [1.82, 2.24) is 4.98 Å². The third-order valence-corrected chi connectivity index (χ3v) is 2.23. The van der Waals surface area contributed by atoms with Gasteiger partial charge >= 0.3 is 0 Å². The lowest BCUT2D eigenvalue weighted by Crippen LogP contribution is -1.78. The van der Waals surface area contributed by atoms with E-state index in [-0.39, 0.29) is 0 Å². The number of fused-ring (bicyclic) bond motifs is 1. The van der Waals surface area contributed by atoms with E-state index in [9.17, 15) is 0 Å². The lowest BCUT2D eigenvalue weighted by molar-refractivity contribution is 1.39. The zero-order chi connectivity index (χ0) is 9.97. The summed E-state index contributed by atoms with van der Waals surface area (Å²) in [5.41, 5.74) is 2.63. The van der Waals surface area contributed by atoms with Gasteiger partial charge in [-0.2, -0.15) is 5.26 Å². The summed E-state index contributed by atoms with van der Waals surface area (Å²) < 4.78 is 0. The van der Waals surface area contributed by atoms with Crippen LogP contribution in [-0.2, 0) is 0 Å². The summed E-state index contributed by atoms with van der Waals surface area (Å²) in [5, 5.41) is 10.0. The summed E-state index contributed by atoms with van der Waals surface area (Å²) in [4.78, 5) is 3.21. The van der Waals surface area contributed by atoms with Crippen molar-refractivity contribution < 1.29 is 0 Å². The maximum atomic E-state index is 8.87. The first-order valence-electron chi connectivity index (χ1n) is 4.49. The molecule has 14 heavy (non-hydrogen) atoms. The molecule has 0 saturated heterocycles. The van der Waals surface area contributed by atoms with Crippen LogP contribution in [0, 0.1) is 11.3 Å². The van der Waals surface area contributed by atoms with E-state index in [1.54, 1.807) is 0 Å². The standard InChI is InChI=1S/C12H10N2/c1-2-9(8-13)12-7-10-5-3-4-6-11(10)14-12/h2-7,14H,1H3/b9-2-. The average molecular weight is 182 g/mol. The molecule has 68 valence electrons. The Morgan fingerprint density at radius 3 is 2.86 bits per heavy atom. The molecule has 0 aliphatic carbocycles. The Morgan fingerprint density at radius 1 is 1.43 bits per heavy atom. The highest BCUT2D eigenvalue weighted by Crippen LogP contribution is 2.19. The van der Waals surface area contributed by atoms with Crippen LogP contribution in [0.2, 0.25) is 0 Å². The van der Waals surface area contributed by atoms with Crippen molar-refractivity contribution in [1.29, 1.82) is 5.26 Å². The van der Waals surface area contributed by atoms with Crippen molar-refractivity contribution in [3.05, 3.63) is 42.1 Å². The second-order valence-electron chi connectivity index (χ2n) is 3.08. The predicted molar refractivity (Wildman–Crippen MR) is 57.6 cm³/mol. The van der Waals surface area contributed by atoms with Gasteiger partial charge in [-0.1, -0.05) is 24.3 Å². The number of nitrogens with zero attached hydrogens (tertiary/aromatic N) is 1. The van der Waals surface area contributed by atoms with Crippen molar-refractivity contribution in [2.45, 2.75) is 6.92 Å². The third-order valence-electron chi connectivity index (χ3n) is 2.23. The van der Waals surface area contributed by atoms with E-state index in [0.29, 0.717) is 5.57 Å². The van der Waals surface area contributed by atoms with Crippen LogP contribution in [0.5, 0.6) is 0 Å². The SMILES string of the molecule is C/C=C(/C#N)c1cc2ccccc2[nH]1. The van der Waals surface area contributed by atoms with Crippen LogP contribution in [0.15, 0.2) is 36.4 Å². The number of H-pyrrole nitrogens is 1. The molecule has 0 fully saturated rings. The molecular weight excluding hydrogens is 172 g/mol. The Balaban J connectivity index is 2.62. The molecule has 2 heteroatoms. The molecule has 0 saturated carbocycles. The number of para-hydroxylation sites is 1. The van der Waals surface area contributed by atoms with Gasteiger partial charge in [0.05, 0.1) is 11.3 Å². The van der Waals surface area contributed by atoms with E-state index in [0.717, 1.165) is 16.6 Å². The average Bonchev–Trinajstić information content (AvgIpc) is 2.63. The van der Waals surface area contributed by atoms with Gasteiger partial charge in [0.1, 0.15) is 6.07 Å². The minimum atomic E-state index is 0.682. The molecule has 0 radical (unpaired) electrons. The smallest absolute Gasteiger partial charge is 0.101 e.